The van der Waals surface area contributed by atoms with Gasteiger partial charge in [-0.25, -0.2) is 4.79 Å². The topological polar surface area (TPSA) is 146 Å². The van der Waals surface area contributed by atoms with E-state index in [4.69, 9.17) is 15.9 Å². The second-order valence-corrected chi connectivity index (χ2v) is 9.18. The number of aryl methyl sites for hydroxylation is 1. The van der Waals surface area contributed by atoms with E-state index in [1.54, 1.807) is 34.6 Å². The van der Waals surface area contributed by atoms with Crippen molar-refractivity contribution in [2.24, 2.45) is 12.8 Å². The van der Waals surface area contributed by atoms with E-state index in [0.717, 1.165) is 31.9 Å². The third-order valence-corrected chi connectivity index (χ3v) is 6.99. The Bertz CT molecular complexity index is 1670. The fraction of sp³-hybridized carbons (Fsp3) is 0.280. The number of piperazine rings is 1. The molecular weight excluding hydrogens is 474 g/mol. The van der Waals surface area contributed by atoms with Crippen LogP contribution in [0.2, 0.25) is 0 Å². The van der Waals surface area contributed by atoms with Crippen molar-refractivity contribution >= 4 is 34.2 Å². The Hall–Kier alpha value is -4.58. The van der Waals surface area contributed by atoms with Crippen LogP contribution in [-0.4, -0.2) is 67.3 Å². The van der Waals surface area contributed by atoms with Crippen LogP contribution < -0.4 is 22.1 Å². The zero-order valence-corrected chi connectivity index (χ0v) is 20.4. The summed E-state index contributed by atoms with van der Waals surface area (Å²) in [6, 6.07) is 12.9. The highest BCUT2D eigenvalue weighted by atomic mass is 16.3. The van der Waals surface area contributed by atoms with E-state index in [-0.39, 0.29) is 11.6 Å². The maximum Gasteiger partial charge on any atom is 0.330 e. The number of carbonyl (C=O) groups excluding carboxylic acids is 1. The molecule has 0 bridgehead atoms. The van der Waals surface area contributed by atoms with Gasteiger partial charge in [0.2, 0.25) is 11.9 Å². The number of primary amides is 1. The van der Waals surface area contributed by atoms with Crippen LogP contribution in [0.5, 0.6) is 0 Å². The van der Waals surface area contributed by atoms with Crippen molar-refractivity contribution in [1.82, 2.24) is 28.6 Å². The molecule has 0 atom stereocenters. The van der Waals surface area contributed by atoms with Gasteiger partial charge < -0.3 is 20.8 Å². The zero-order chi connectivity index (χ0) is 25.7. The molecule has 190 valence electrons. The van der Waals surface area contributed by atoms with Crippen molar-refractivity contribution in [2.75, 3.05) is 43.4 Å². The second kappa shape index (κ2) is 8.82. The number of furan rings is 1. The van der Waals surface area contributed by atoms with Gasteiger partial charge in [-0.1, -0.05) is 6.07 Å². The number of anilines is 2. The Morgan fingerprint density at radius 2 is 1.89 bits per heavy atom. The van der Waals surface area contributed by atoms with Gasteiger partial charge in [0.15, 0.2) is 11.4 Å². The molecule has 1 aliphatic heterocycles. The molecule has 0 spiro atoms. The molecular formula is C25H27N9O3. The highest BCUT2D eigenvalue weighted by Crippen LogP contribution is 2.26. The van der Waals surface area contributed by atoms with Crippen LogP contribution in [-0.2, 0) is 13.6 Å². The number of rotatable bonds is 6. The summed E-state index contributed by atoms with van der Waals surface area (Å²) >= 11 is 0. The van der Waals surface area contributed by atoms with Gasteiger partial charge in [0.25, 0.3) is 0 Å². The summed E-state index contributed by atoms with van der Waals surface area (Å²) < 4.78 is 10.3. The highest BCUT2D eigenvalue weighted by molar-refractivity contribution is 5.94. The molecule has 0 unspecified atom stereocenters. The molecule has 0 radical (unpaired) electrons. The molecule has 5 aromatic rings. The van der Waals surface area contributed by atoms with Gasteiger partial charge in [-0.05, 0) is 36.4 Å². The smallest absolute Gasteiger partial charge is 0.330 e. The Morgan fingerprint density at radius 1 is 1.08 bits per heavy atom. The first kappa shape index (κ1) is 22.9. The molecule has 1 saturated heterocycles. The van der Waals surface area contributed by atoms with Crippen LogP contribution in [0.15, 0.2) is 57.9 Å². The number of carbonyl (C=O) groups is 1. The number of aromatic nitrogens is 5. The van der Waals surface area contributed by atoms with Gasteiger partial charge >= 0.3 is 5.69 Å². The number of nitrogen functional groups attached to an aromatic ring is 1. The standard InChI is InChI=1S/C25H27N9O3/c1-30-21-19-15-18(20-6-3-13-37-20)29-34(19)24(27)28-23(21)33(25(30)36)12-9-31-7-10-32(11-8-31)17-5-2-4-16(14-17)22(26)35/h2-6,13-15H,7-12H2,1H3,(H2,26,35)(H2,27,28). The minimum absolute atomic E-state index is 0.155. The van der Waals surface area contributed by atoms with Gasteiger partial charge in [-0.3, -0.25) is 18.8 Å². The minimum Gasteiger partial charge on any atom is -0.463 e. The van der Waals surface area contributed by atoms with Crippen molar-refractivity contribution in [3.05, 3.63) is 64.8 Å². The largest absolute Gasteiger partial charge is 0.463 e. The number of nitrogens with two attached hydrogens (primary N) is 2. The molecule has 4 N–H and O–H groups in total. The molecule has 12 nitrogen and oxygen atoms in total. The predicted octanol–water partition coefficient (Wildman–Crippen LogP) is 1.15. The lowest BCUT2D eigenvalue weighted by molar-refractivity contribution is 0.100. The Morgan fingerprint density at radius 3 is 2.62 bits per heavy atom. The Labute approximate surface area is 211 Å². The van der Waals surface area contributed by atoms with Crippen LogP contribution >= 0.6 is 0 Å². The van der Waals surface area contributed by atoms with Crippen molar-refractivity contribution < 1.29 is 9.21 Å². The Balaban J connectivity index is 1.22. The first-order valence-corrected chi connectivity index (χ1v) is 12.1. The van der Waals surface area contributed by atoms with E-state index in [0.29, 0.717) is 46.8 Å². The highest BCUT2D eigenvalue weighted by Gasteiger charge is 2.22. The van der Waals surface area contributed by atoms with Crippen LogP contribution in [0.1, 0.15) is 10.4 Å². The third kappa shape index (κ3) is 3.91. The summed E-state index contributed by atoms with van der Waals surface area (Å²) in [6.45, 7) is 4.45. The first-order chi connectivity index (χ1) is 17.9. The van der Waals surface area contributed by atoms with Crippen molar-refractivity contribution in [3.8, 4) is 11.5 Å². The van der Waals surface area contributed by atoms with Crippen molar-refractivity contribution in [2.45, 2.75) is 6.54 Å². The number of hydrogen-bond acceptors (Lipinski definition) is 8. The summed E-state index contributed by atoms with van der Waals surface area (Å²) in [4.78, 5) is 33.8. The summed E-state index contributed by atoms with van der Waals surface area (Å²) in [6.07, 6.45) is 1.58. The summed E-state index contributed by atoms with van der Waals surface area (Å²) in [5.74, 6) is 0.383. The Kier molecular flexibility index (Phi) is 5.45. The van der Waals surface area contributed by atoms with Gasteiger partial charge in [-0.15, -0.1) is 0 Å². The molecule has 1 aliphatic rings. The summed E-state index contributed by atoms with van der Waals surface area (Å²) in [5.41, 5.74) is 15.5. The minimum atomic E-state index is -0.430. The average molecular weight is 502 g/mol. The maximum atomic E-state index is 13.2. The number of fused-ring (bicyclic) bond motifs is 3. The fourth-order valence-corrected chi connectivity index (χ4v) is 5.00. The summed E-state index contributed by atoms with van der Waals surface area (Å²) in [5, 5.41) is 4.52. The number of imidazole rings is 1. The second-order valence-electron chi connectivity index (χ2n) is 9.18. The van der Waals surface area contributed by atoms with Gasteiger partial charge in [-0.2, -0.15) is 14.6 Å². The lowest BCUT2D eigenvalue weighted by Gasteiger charge is -2.36. The zero-order valence-electron chi connectivity index (χ0n) is 20.4. The van der Waals surface area contributed by atoms with Crippen LogP contribution in [0.3, 0.4) is 0 Å². The molecule has 12 heteroatoms. The van der Waals surface area contributed by atoms with Gasteiger partial charge in [0.1, 0.15) is 11.2 Å². The quantitative estimate of drug-likeness (QED) is 0.352. The monoisotopic (exact) mass is 501 g/mol. The van der Waals surface area contributed by atoms with E-state index in [1.807, 2.05) is 30.3 Å². The molecule has 0 saturated carbocycles. The molecule has 1 fully saturated rings. The number of benzene rings is 1. The molecule has 1 aromatic carbocycles. The molecule has 37 heavy (non-hydrogen) atoms. The third-order valence-electron chi connectivity index (χ3n) is 6.99. The molecule has 6 rings (SSSR count). The number of nitrogens with zero attached hydrogens (tertiary/aromatic N) is 7. The van der Waals surface area contributed by atoms with E-state index in [1.165, 1.54) is 4.52 Å². The molecule has 5 heterocycles. The molecule has 1 amide bonds. The van der Waals surface area contributed by atoms with E-state index in [9.17, 15) is 9.59 Å². The van der Waals surface area contributed by atoms with Gasteiger partial charge in [0, 0.05) is 57.6 Å². The van der Waals surface area contributed by atoms with Crippen molar-refractivity contribution in [3.63, 3.8) is 0 Å². The lowest BCUT2D eigenvalue weighted by atomic mass is 10.1. The summed E-state index contributed by atoms with van der Waals surface area (Å²) in [7, 11) is 1.73. The molecule has 4 aromatic heterocycles. The number of amides is 1. The molecule has 0 aliphatic carbocycles. The van der Waals surface area contributed by atoms with E-state index < -0.39 is 5.91 Å². The lowest BCUT2D eigenvalue weighted by Crippen LogP contribution is -2.47. The number of hydrogen-bond donors (Lipinski definition) is 2. The SMILES string of the molecule is Cn1c(=O)n(CCN2CCN(c3cccc(C(N)=O)c3)CC2)c2nc(N)n3nc(-c4ccco4)cc3c21. The predicted molar refractivity (Wildman–Crippen MR) is 139 cm³/mol. The van der Waals surface area contributed by atoms with E-state index in [2.05, 4.69) is 19.9 Å². The van der Waals surface area contributed by atoms with Crippen LogP contribution in [0.25, 0.3) is 28.1 Å². The van der Waals surface area contributed by atoms with Crippen molar-refractivity contribution in [1.29, 1.82) is 0 Å². The normalized spacial score (nSPS) is 14.7. The maximum absolute atomic E-state index is 13.2. The fourth-order valence-electron chi connectivity index (χ4n) is 5.00. The first-order valence-electron chi connectivity index (χ1n) is 12.1. The van der Waals surface area contributed by atoms with Crippen LogP contribution in [0, 0.1) is 0 Å². The van der Waals surface area contributed by atoms with Gasteiger partial charge in [0.05, 0.1) is 11.8 Å². The van der Waals surface area contributed by atoms with E-state index >= 15 is 0 Å². The average Bonchev–Trinajstić information content (AvgIpc) is 3.63. The van der Waals surface area contributed by atoms with Crippen LogP contribution in [0.4, 0.5) is 11.6 Å².